The van der Waals surface area contributed by atoms with E-state index in [1.807, 2.05) is 13.0 Å². The molecule has 0 saturated carbocycles. The van der Waals surface area contributed by atoms with Crippen molar-refractivity contribution in [3.05, 3.63) is 34.5 Å². The van der Waals surface area contributed by atoms with E-state index < -0.39 is 0 Å². The van der Waals surface area contributed by atoms with Crippen molar-refractivity contribution < 1.29 is 0 Å². The van der Waals surface area contributed by atoms with Crippen LogP contribution in [0.2, 0.25) is 0 Å². The minimum Gasteiger partial charge on any atom is -0.369 e. The highest BCUT2D eigenvalue weighted by atomic mass is 79.9. The largest absolute Gasteiger partial charge is 0.369 e. The summed E-state index contributed by atoms with van der Waals surface area (Å²) in [5, 5.41) is 9.87. The summed E-state index contributed by atoms with van der Waals surface area (Å²) in [6.45, 7) is 2.80. The summed E-state index contributed by atoms with van der Waals surface area (Å²) in [5.74, 6) is 1.78. The van der Waals surface area contributed by atoms with Crippen LogP contribution in [0.1, 0.15) is 11.4 Å². The lowest BCUT2D eigenvalue weighted by Gasteiger charge is -2.07. The van der Waals surface area contributed by atoms with Crippen molar-refractivity contribution in [1.82, 2.24) is 20.2 Å². The van der Waals surface area contributed by atoms with Crippen molar-refractivity contribution in [2.24, 2.45) is 0 Å². The molecule has 84 valence electrons. The Morgan fingerprint density at radius 1 is 1.44 bits per heavy atom. The molecule has 2 aromatic heterocycles. The normalized spacial score (nSPS) is 10.4. The van der Waals surface area contributed by atoms with Crippen LogP contribution in [0.5, 0.6) is 0 Å². The number of anilines is 1. The van der Waals surface area contributed by atoms with Crippen molar-refractivity contribution in [1.29, 1.82) is 0 Å². The van der Waals surface area contributed by atoms with E-state index in [4.69, 9.17) is 0 Å². The van der Waals surface area contributed by atoms with Gasteiger partial charge in [-0.05, 0) is 34.5 Å². The highest BCUT2D eigenvalue weighted by Crippen LogP contribution is 2.16. The fourth-order valence-corrected chi connectivity index (χ4v) is 1.82. The van der Waals surface area contributed by atoms with Gasteiger partial charge in [0.1, 0.15) is 18.0 Å². The molecule has 0 fully saturated rings. The van der Waals surface area contributed by atoms with Gasteiger partial charge in [0, 0.05) is 23.6 Å². The predicted molar refractivity (Wildman–Crippen MR) is 65.3 cm³/mol. The number of aryl methyl sites for hydroxylation is 1. The van der Waals surface area contributed by atoms with E-state index in [1.54, 1.807) is 6.20 Å². The third kappa shape index (κ3) is 2.79. The Morgan fingerprint density at radius 2 is 2.31 bits per heavy atom. The molecule has 0 saturated heterocycles. The Bertz CT molecular complexity index is 454. The minimum atomic E-state index is 0.782. The molecule has 6 heteroatoms. The summed E-state index contributed by atoms with van der Waals surface area (Å²) in [6, 6.07) is 2.03. The zero-order valence-electron chi connectivity index (χ0n) is 8.87. The fraction of sp³-hybridized carbons (Fsp3) is 0.300. The first-order valence-electron chi connectivity index (χ1n) is 4.96. The van der Waals surface area contributed by atoms with Crippen LogP contribution in [-0.4, -0.2) is 26.7 Å². The van der Waals surface area contributed by atoms with Gasteiger partial charge in [-0.1, -0.05) is 0 Å². The summed E-state index contributed by atoms with van der Waals surface area (Å²) in [6.07, 6.45) is 4.10. The number of halogens is 1. The second kappa shape index (κ2) is 5.07. The van der Waals surface area contributed by atoms with Gasteiger partial charge in [-0.15, -0.1) is 0 Å². The summed E-state index contributed by atoms with van der Waals surface area (Å²) >= 11 is 3.38. The van der Waals surface area contributed by atoms with Gasteiger partial charge in [-0.25, -0.2) is 9.97 Å². The molecule has 5 nitrogen and oxygen atoms in total. The molecule has 2 N–H and O–H groups in total. The zero-order valence-corrected chi connectivity index (χ0v) is 10.5. The lowest BCUT2D eigenvalue weighted by molar-refractivity contribution is 0.895. The van der Waals surface area contributed by atoms with Crippen molar-refractivity contribution in [2.45, 2.75) is 13.3 Å². The van der Waals surface area contributed by atoms with Gasteiger partial charge in [0.15, 0.2) is 0 Å². The van der Waals surface area contributed by atoms with E-state index in [2.05, 4.69) is 41.4 Å². The van der Waals surface area contributed by atoms with Crippen molar-refractivity contribution in [2.75, 3.05) is 11.9 Å². The molecular formula is C10H12BrN5. The molecule has 0 amide bonds. The standard InChI is InChI=1S/C10H12BrN5/c1-7-4-8(11)5-13-10(7)12-3-2-9-14-6-15-16-9/h4-6H,2-3H2,1H3,(H,12,13)(H,14,15,16). The lowest BCUT2D eigenvalue weighted by Crippen LogP contribution is -2.08. The number of hydrogen-bond acceptors (Lipinski definition) is 4. The smallest absolute Gasteiger partial charge is 0.137 e. The maximum Gasteiger partial charge on any atom is 0.137 e. The highest BCUT2D eigenvalue weighted by Gasteiger charge is 2.00. The average molecular weight is 282 g/mol. The van der Waals surface area contributed by atoms with Crippen molar-refractivity contribution >= 4 is 21.7 Å². The van der Waals surface area contributed by atoms with E-state index in [0.717, 1.165) is 34.6 Å². The monoisotopic (exact) mass is 281 g/mol. The van der Waals surface area contributed by atoms with Gasteiger partial charge in [-0.2, -0.15) is 5.10 Å². The summed E-state index contributed by atoms with van der Waals surface area (Å²) in [4.78, 5) is 8.34. The molecule has 0 spiro atoms. The van der Waals surface area contributed by atoms with Crippen molar-refractivity contribution in [3.8, 4) is 0 Å². The van der Waals surface area contributed by atoms with Crippen LogP contribution >= 0.6 is 15.9 Å². The Labute approximate surface area is 102 Å². The molecular weight excluding hydrogens is 270 g/mol. The Morgan fingerprint density at radius 3 is 3.00 bits per heavy atom. The number of rotatable bonds is 4. The molecule has 0 bridgehead atoms. The third-order valence-electron chi connectivity index (χ3n) is 2.16. The maximum atomic E-state index is 4.29. The molecule has 0 aromatic carbocycles. The number of aromatic nitrogens is 4. The summed E-state index contributed by atoms with van der Waals surface area (Å²) < 4.78 is 0.991. The van der Waals surface area contributed by atoms with Crippen LogP contribution in [0.25, 0.3) is 0 Å². The van der Waals surface area contributed by atoms with E-state index in [9.17, 15) is 0 Å². The van der Waals surface area contributed by atoms with Gasteiger partial charge in [-0.3, -0.25) is 5.10 Å². The molecule has 16 heavy (non-hydrogen) atoms. The first kappa shape index (κ1) is 11.1. The second-order valence-corrected chi connectivity index (χ2v) is 4.34. The van der Waals surface area contributed by atoms with Crippen LogP contribution in [0.15, 0.2) is 23.1 Å². The topological polar surface area (TPSA) is 66.5 Å². The molecule has 0 atom stereocenters. The van der Waals surface area contributed by atoms with E-state index in [0.29, 0.717) is 0 Å². The van der Waals surface area contributed by atoms with Crippen LogP contribution in [0, 0.1) is 6.92 Å². The van der Waals surface area contributed by atoms with Crippen LogP contribution in [-0.2, 0) is 6.42 Å². The maximum absolute atomic E-state index is 4.29. The first-order chi connectivity index (χ1) is 7.75. The van der Waals surface area contributed by atoms with Crippen LogP contribution in [0.3, 0.4) is 0 Å². The zero-order chi connectivity index (χ0) is 11.4. The Kier molecular flexibility index (Phi) is 3.51. The second-order valence-electron chi connectivity index (χ2n) is 3.43. The van der Waals surface area contributed by atoms with Gasteiger partial charge >= 0.3 is 0 Å². The van der Waals surface area contributed by atoms with Crippen LogP contribution < -0.4 is 5.32 Å². The number of nitrogens with zero attached hydrogens (tertiary/aromatic N) is 3. The number of pyridine rings is 1. The van der Waals surface area contributed by atoms with E-state index >= 15 is 0 Å². The van der Waals surface area contributed by atoms with Gasteiger partial charge in [0.25, 0.3) is 0 Å². The van der Waals surface area contributed by atoms with E-state index in [1.165, 1.54) is 6.33 Å². The molecule has 0 unspecified atom stereocenters. The number of hydrogen-bond donors (Lipinski definition) is 2. The predicted octanol–water partition coefficient (Wildman–Crippen LogP) is 1.93. The molecule has 0 aliphatic carbocycles. The Hall–Kier alpha value is -1.43. The SMILES string of the molecule is Cc1cc(Br)cnc1NCCc1ncn[nH]1. The summed E-state index contributed by atoms with van der Waals surface area (Å²) in [7, 11) is 0. The highest BCUT2D eigenvalue weighted by molar-refractivity contribution is 9.10. The minimum absolute atomic E-state index is 0.782. The number of nitrogens with one attached hydrogen (secondary N) is 2. The van der Waals surface area contributed by atoms with Crippen LogP contribution in [0.4, 0.5) is 5.82 Å². The number of H-pyrrole nitrogens is 1. The average Bonchev–Trinajstić information content (AvgIpc) is 2.74. The Balaban J connectivity index is 1.90. The van der Waals surface area contributed by atoms with Gasteiger partial charge < -0.3 is 5.32 Å². The summed E-state index contributed by atoms with van der Waals surface area (Å²) in [5.41, 5.74) is 1.12. The van der Waals surface area contributed by atoms with Crippen molar-refractivity contribution in [3.63, 3.8) is 0 Å². The molecule has 0 aliphatic heterocycles. The molecule has 0 radical (unpaired) electrons. The van der Waals surface area contributed by atoms with Gasteiger partial charge in [0.05, 0.1) is 0 Å². The molecule has 2 rings (SSSR count). The number of aromatic amines is 1. The molecule has 0 aliphatic rings. The molecule has 2 aromatic rings. The molecule has 2 heterocycles. The third-order valence-corrected chi connectivity index (χ3v) is 2.60. The van der Waals surface area contributed by atoms with Gasteiger partial charge in [0.2, 0.25) is 0 Å². The fourth-order valence-electron chi connectivity index (χ4n) is 1.38. The lowest BCUT2D eigenvalue weighted by atomic mass is 10.3. The van der Waals surface area contributed by atoms with E-state index in [-0.39, 0.29) is 0 Å². The quantitative estimate of drug-likeness (QED) is 0.899. The first-order valence-corrected chi connectivity index (χ1v) is 5.75.